The summed E-state index contributed by atoms with van der Waals surface area (Å²) in [5, 5.41) is 4.61. The van der Waals surface area contributed by atoms with Crippen LogP contribution in [0.25, 0.3) is 6.08 Å². The van der Waals surface area contributed by atoms with E-state index < -0.39 is 24.0 Å². The number of hydrogen-bond donors (Lipinski definition) is 2. The molecule has 0 bridgehead atoms. The van der Waals surface area contributed by atoms with Gasteiger partial charge >= 0.3 is 12.0 Å². The van der Waals surface area contributed by atoms with Crippen molar-refractivity contribution in [2.75, 3.05) is 13.2 Å². The van der Waals surface area contributed by atoms with Crippen LogP contribution in [0.15, 0.2) is 24.3 Å². The normalized spacial score (nSPS) is 14.0. The van der Waals surface area contributed by atoms with Crippen LogP contribution < -0.4 is 20.1 Å². The summed E-state index contributed by atoms with van der Waals surface area (Å²) in [4.78, 5) is 35.1. The molecule has 0 saturated carbocycles. The van der Waals surface area contributed by atoms with Crippen LogP contribution in [-0.2, 0) is 14.3 Å². The van der Waals surface area contributed by atoms with E-state index in [1.54, 1.807) is 32.0 Å². The second-order valence-corrected chi connectivity index (χ2v) is 5.93. The van der Waals surface area contributed by atoms with Gasteiger partial charge in [0.1, 0.15) is 13.2 Å². The van der Waals surface area contributed by atoms with Gasteiger partial charge in [-0.15, -0.1) is 0 Å². The molecular weight excluding hydrogens is 340 g/mol. The van der Waals surface area contributed by atoms with Gasteiger partial charge < -0.3 is 19.5 Å². The molecule has 1 aliphatic heterocycles. The Kier molecular flexibility index (Phi) is 6.60. The molecule has 1 aliphatic rings. The lowest BCUT2D eigenvalue weighted by Crippen LogP contribution is -2.46. The number of hydrogen-bond acceptors (Lipinski definition) is 6. The molecule has 1 heterocycles. The van der Waals surface area contributed by atoms with Crippen molar-refractivity contribution in [3.05, 3.63) is 29.8 Å². The second-order valence-electron chi connectivity index (χ2n) is 5.93. The Morgan fingerprint density at radius 2 is 1.81 bits per heavy atom. The Balaban J connectivity index is 1.86. The molecule has 2 N–H and O–H groups in total. The molecule has 0 aromatic heterocycles. The number of benzene rings is 1. The van der Waals surface area contributed by atoms with Gasteiger partial charge in [-0.3, -0.25) is 10.1 Å². The first kappa shape index (κ1) is 19.3. The van der Waals surface area contributed by atoms with Crippen molar-refractivity contribution in [1.82, 2.24) is 10.6 Å². The topological polar surface area (TPSA) is 103 Å². The first-order valence-electron chi connectivity index (χ1n) is 8.25. The van der Waals surface area contributed by atoms with Crippen molar-refractivity contribution in [2.24, 2.45) is 0 Å². The molecular formula is C18H22N2O6. The van der Waals surface area contributed by atoms with Crippen LogP contribution in [0, 0.1) is 0 Å². The lowest BCUT2D eigenvalue weighted by molar-refractivity contribution is -0.149. The van der Waals surface area contributed by atoms with Crippen molar-refractivity contribution in [3.8, 4) is 11.5 Å². The Morgan fingerprint density at radius 1 is 1.12 bits per heavy atom. The zero-order valence-corrected chi connectivity index (χ0v) is 14.9. The maximum absolute atomic E-state index is 11.8. The Hall–Kier alpha value is -3.03. The van der Waals surface area contributed by atoms with E-state index in [-0.39, 0.29) is 6.04 Å². The van der Waals surface area contributed by atoms with Gasteiger partial charge in [0, 0.05) is 12.1 Å². The number of imide groups is 1. The standard InChI is InChI=1S/C18H22N2O6/c1-11(2)19-18(23)20-17(22)12(3)26-16(21)7-5-13-4-6-14-15(10-13)25-9-8-24-14/h4-7,10-12H,8-9H2,1-3H3,(H2,19,20,22,23)/b7-5+. The van der Waals surface area contributed by atoms with E-state index in [9.17, 15) is 14.4 Å². The number of ether oxygens (including phenoxy) is 3. The molecule has 0 saturated heterocycles. The molecule has 26 heavy (non-hydrogen) atoms. The molecule has 8 heteroatoms. The number of urea groups is 1. The highest BCUT2D eigenvalue weighted by Crippen LogP contribution is 2.31. The molecule has 8 nitrogen and oxygen atoms in total. The lowest BCUT2D eigenvalue weighted by atomic mass is 10.2. The SMILES string of the molecule is CC(C)NC(=O)NC(=O)C(C)OC(=O)/C=C/c1ccc2c(c1)OCCO2. The van der Waals surface area contributed by atoms with Gasteiger partial charge in [0.15, 0.2) is 17.6 Å². The van der Waals surface area contributed by atoms with Crippen LogP contribution in [0.1, 0.15) is 26.3 Å². The van der Waals surface area contributed by atoms with Gasteiger partial charge in [0.2, 0.25) is 0 Å². The van der Waals surface area contributed by atoms with Gasteiger partial charge in [-0.25, -0.2) is 9.59 Å². The maximum atomic E-state index is 11.8. The van der Waals surface area contributed by atoms with E-state index in [4.69, 9.17) is 14.2 Å². The summed E-state index contributed by atoms with van der Waals surface area (Å²) in [6.45, 7) is 5.88. The number of nitrogens with one attached hydrogen (secondary N) is 2. The summed E-state index contributed by atoms with van der Waals surface area (Å²) >= 11 is 0. The monoisotopic (exact) mass is 362 g/mol. The zero-order valence-electron chi connectivity index (χ0n) is 14.9. The highest BCUT2D eigenvalue weighted by atomic mass is 16.6. The van der Waals surface area contributed by atoms with E-state index >= 15 is 0 Å². The van der Waals surface area contributed by atoms with E-state index in [1.165, 1.54) is 19.1 Å². The molecule has 0 spiro atoms. The third kappa shape index (κ3) is 5.80. The summed E-state index contributed by atoms with van der Waals surface area (Å²) in [7, 11) is 0. The van der Waals surface area contributed by atoms with Crippen LogP contribution >= 0.6 is 0 Å². The highest BCUT2D eigenvalue weighted by Gasteiger charge is 2.19. The minimum Gasteiger partial charge on any atom is -0.486 e. The molecule has 1 aromatic carbocycles. The number of esters is 1. The summed E-state index contributed by atoms with van der Waals surface area (Å²) in [5.74, 6) is -0.146. The quantitative estimate of drug-likeness (QED) is 0.610. The molecule has 140 valence electrons. The van der Waals surface area contributed by atoms with Gasteiger partial charge in [0.25, 0.3) is 5.91 Å². The smallest absolute Gasteiger partial charge is 0.331 e. The van der Waals surface area contributed by atoms with Gasteiger partial charge in [-0.2, -0.15) is 0 Å². The Labute approximate surface area is 151 Å². The van der Waals surface area contributed by atoms with E-state index in [1.807, 2.05) is 0 Å². The summed E-state index contributed by atoms with van der Waals surface area (Å²) < 4.78 is 15.9. The van der Waals surface area contributed by atoms with Crippen molar-refractivity contribution in [3.63, 3.8) is 0 Å². The van der Waals surface area contributed by atoms with Crippen LogP contribution in [0.3, 0.4) is 0 Å². The molecule has 0 radical (unpaired) electrons. The van der Waals surface area contributed by atoms with Crippen molar-refractivity contribution >= 4 is 24.0 Å². The van der Waals surface area contributed by atoms with E-state index in [0.717, 1.165) is 5.56 Å². The number of carbonyl (C=O) groups excluding carboxylic acids is 3. The molecule has 1 unspecified atom stereocenters. The second kappa shape index (κ2) is 8.89. The predicted octanol–water partition coefficient (Wildman–Crippen LogP) is 1.64. The molecule has 2 rings (SSSR count). The maximum Gasteiger partial charge on any atom is 0.331 e. The summed E-state index contributed by atoms with van der Waals surface area (Å²) in [5.41, 5.74) is 0.722. The number of fused-ring (bicyclic) bond motifs is 1. The third-order valence-electron chi connectivity index (χ3n) is 3.30. The van der Waals surface area contributed by atoms with Gasteiger partial charge in [-0.1, -0.05) is 6.07 Å². The molecule has 0 fully saturated rings. The molecule has 1 aromatic rings. The van der Waals surface area contributed by atoms with Crippen LogP contribution in [-0.4, -0.2) is 43.3 Å². The predicted molar refractivity (Wildman–Crippen MR) is 93.8 cm³/mol. The van der Waals surface area contributed by atoms with Crippen molar-refractivity contribution < 1.29 is 28.6 Å². The van der Waals surface area contributed by atoms with Crippen LogP contribution in [0.2, 0.25) is 0 Å². The zero-order chi connectivity index (χ0) is 19.1. The van der Waals surface area contributed by atoms with Gasteiger partial charge in [-0.05, 0) is 44.5 Å². The minimum absolute atomic E-state index is 0.116. The third-order valence-corrected chi connectivity index (χ3v) is 3.30. The Morgan fingerprint density at radius 3 is 2.50 bits per heavy atom. The largest absolute Gasteiger partial charge is 0.486 e. The fourth-order valence-electron chi connectivity index (χ4n) is 2.11. The van der Waals surface area contributed by atoms with Gasteiger partial charge in [0.05, 0.1) is 0 Å². The first-order chi connectivity index (χ1) is 12.3. The molecule has 3 amide bonds. The minimum atomic E-state index is -1.11. The fraction of sp³-hybridized carbons (Fsp3) is 0.389. The fourth-order valence-corrected chi connectivity index (χ4v) is 2.11. The van der Waals surface area contributed by atoms with E-state index in [0.29, 0.717) is 24.7 Å². The number of amides is 3. The molecule has 1 atom stereocenters. The average molecular weight is 362 g/mol. The van der Waals surface area contributed by atoms with Crippen LogP contribution in [0.5, 0.6) is 11.5 Å². The highest BCUT2D eigenvalue weighted by molar-refractivity contribution is 5.98. The van der Waals surface area contributed by atoms with E-state index in [2.05, 4.69) is 10.6 Å². The average Bonchev–Trinajstić information content (AvgIpc) is 2.58. The Bertz CT molecular complexity index is 714. The summed E-state index contributed by atoms with van der Waals surface area (Å²) in [6.07, 6.45) is 1.63. The number of carbonyl (C=O) groups is 3. The van der Waals surface area contributed by atoms with Crippen LogP contribution in [0.4, 0.5) is 4.79 Å². The first-order valence-corrected chi connectivity index (χ1v) is 8.25. The van der Waals surface area contributed by atoms with Crippen molar-refractivity contribution in [1.29, 1.82) is 0 Å². The summed E-state index contributed by atoms with van der Waals surface area (Å²) in [6, 6.07) is 4.51. The lowest BCUT2D eigenvalue weighted by Gasteiger charge is -2.18. The number of rotatable bonds is 5. The molecule has 0 aliphatic carbocycles. The van der Waals surface area contributed by atoms with Crippen molar-refractivity contribution in [2.45, 2.75) is 32.9 Å².